The highest BCUT2D eigenvalue weighted by Gasteiger charge is 2.17. The molecule has 0 saturated carbocycles. The third-order valence-electron chi connectivity index (χ3n) is 2.80. The Morgan fingerprint density at radius 1 is 1.37 bits per heavy atom. The molecule has 0 fully saturated rings. The van der Waals surface area contributed by atoms with Crippen molar-refractivity contribution >= 4 is 21.8 Å². The van der Waals surface area contributed by atoms with Crippen LogP contribution in [-0.4, -0.2) is 38.6 Å². The lowest BCUT2D eigenvalue weighted by molar-refractivity contribution is 0.520. The predicted octanol–water partition coefficient (Wildman–Crippen LogP) is 1.91. The number of hydrogen-bond donors (Lipinski definition) is 1. The Hall–Kier alpha value is -0.560. The van der Waals surface area contributed by atoms with Crippen LogP contribution in [-0.2, 0) is 15.8 Å². The van der Waals surface area contributed by atoms with E-state index in [0.29, 0.717) is 4.90 Å². The van der Waals surface area contributed by atoms with Gasteiger partial charge in [0.1, 0.15) is 0 Å². The molecule has 19 heavy (non-hydrogen) atoms. The fraction of sp³-hybridized carbons (Fsp3) is 0.538. The number of hydrogen-bond acceptors (Lipinski definition) is 4. The van der Waals surface area contributed by atoms with Crippen molar-refractivity contribution in [1.29, 1.82) is 0 Å². The highest BCUT2D eigenvalue weighted by atomic mass is 32.2. The van der Waals surface area contributed by atoms with E-state index in [1.165, 1.54) is 18.4 Å². The van der Waals surface area contributed by atoms with Gasteiger partial charge in [0.25, 0.3) is 0 Å². The van der Waals surface area contributed by atoms with Crippen molar-refractivity contribution in [3.8, 4) is 0 Å². The zero-order valence-corrected chi connectivity index (χ0v) is 13.3. The minimum absolute atomic E-state index is 0.207. The maximum absolute atomic E-state index is 12.0. The smallest absolute Gasteiger partial charge is 0.242 e. The highest BCUT2D eigenvalue weighted by molar-refractivity contribution is 7.98. The van der Waals surface area contributed by atoms with E-state index in [4.69, 9.17) is 5.73 Å². The second kappa shape index (κ2) is 7.28. The van der Waals surface area contributed by atoms with E-state index in [9.17, 15) is 8.42 Å². The van der Waals surface area contributed by atoms with Crippen LogP contribution >= 0.6 is 11.8 Å². The fourth-order valence-electron chi connectivity index (χ4n) is 1.45. The van der Waals surface area contributed by atoms with Gasteiger partial charge < -0.3 is 5.73 Å². The summed E-state index contributed by atoms with van der Waals surface area (Å²) in [5, 5.41) is 0. The Balaban J connectivity index is 2.73. The first kappa shape index (κ1) is 16.5. The summed E-state index contributed by atoms with van der Waals surface area (Å²) < 4.78 is 25.3. The fourth-order valence-corrected chi connectivity index (χ4v) is 3.50. The van der Waals surface area contributed by atoms with Crippen LogP contribution in [0.5, 0.6) is 0 Å². The average Bonchev–Trinajstić information content (AvgIpc) is 2.38. The van der Waals surface area contributed by atoms with E-state index < -0.39 is 10.0 Å². The third kappa shape index (κ3) is 4.80. The maximum atomic E-state index is 12.0. The van der Waals surface area contributed by atoms with Gasteiger partial charge in [-0.25, -0.2) is 12.7 Å². The lowest BCUT2D eigenvalue weighted by Crippen LogP contribution is -2.22. The van der Waals surface area contributed by atoms with E-state index in [1.807, 2.05) is 6.07 Å². The number of rotatable bonds is 7. The van der Waals surface area contributed by atoms with Crippen molar-refractivity contribution in [3.05, 3.63) is 29.8 Å². The van der Waals surface area contributed by atoms with Gasteiger partial charge in [-0.2, -0.15) is 11.8 Å². The molecule has 2 N–H and O–H groups in total. The van der Waals surface area contributed by atoms with Gasteiger partial charge in [0.05, 0.1) is 4.90 Å². The molecule has 0 aliphatic heterocycles. The zero-order chi connectivity index (χ0) is 14.5. The van der Waals surface area contributed by atoms with Gasteiger partial charge in [-0.3, -0.25) is 0 Å². The third-order valence-corrected chi connectivity index (χ3v) is 5.81. The molecule has 0 spiro atoms. The van der Waals surface area contributed by atoms with Crippen LogP contribution in [0.1, 0.15) is 18.9 Å². The number of sulfonamides is 1. The van der Waals surface area contributed by atoms with Crippen LogP contribution < -0.4 is 5.73 Å². The Morgan fingerprint density at radius 3 is 2.63 bits per heavy atom. The number of thioether (sulfide) groups is 1. The highest BCUT2D eigenvalue weighted by Crippen LogP contribution is 2.19. The van der Waals surface area contributed by atoms with Crippen LogP contribution in [0.3, 0.4) is 0 Å². The summed E-state index contributed by atoms with van der Waals surface area (Å²) in [4.78, 5) is 0.343. The number of nitrogens with zero attached hydrogens (tertiary/aromatic N) is 1. The van der Waals surface area contributed by atoms with Crippen molar-refractivity contribution in [1.82, 2.24) is 4.31 Å². The first-order valence-corrected chi connectivity index (χ1v) is 8.82. The molecule has 1 aromatic carbocycles. The lowest BCUT2D eigenvalue weighted by atomic mass is 10.2. The molecule has 0 aliphatic rings. The molecule has 0 radical (unpaired) electrons. The van der Waals surface area contributed by atoms with E-state index in [1.54, 1.807) is 30.0 Å². The molecule has 0 heterocycles. The first-order chi connectivity index (χ1) is 8.87. The van der Waals surface area contributed by atoms with E-state index in [2.05, 4.69) is 6.92 Å². The standard InChI is InChI=1S/C13H22N2O2S2/c1-4-12(14)10-18-9-11-6-5-7-13(8-11)19(16,17)15(2)3/h5-8,12H,4,9-10,14H2,1-3H3. The van der Waals surface area contributed by atoms with Crippen molar-refractivity contribution in [2.45, 2.75) is 30.0 Å². The summed E-state index contributed by atoms with van der Waals surface area (Å²) in [5.41, 5.74) is 6.86. The van der Waals surface area contributed by atoms with Crippen LogP contribution in [0.25, 0.3) is 0 Å². The molecule has 1 rings (SSSR count). The molecule has 4 nitrogen and oxygen atoms in total. The topological polar surface area (TPSA) is 63.4 Å². The van der Waals surface area contributed by atoms with Crippen molar-refractivity contribution in [2.75, 3.05) is 19.8 Å². The SMILES string of the molecule is CCC(N)CSCc1cccc(S(=O)(=O)N(C)C)c1. The Kier molecular flexibility index (Phi) is 6.32. The van der Waals surface area contributed by atoms with Gasteiger partial charge >= 0.3 is 0 Å². The zero-order valence-electron chi connectivity index (χ0n) is 11.7. The summed E-state index contributed by atoms with van der Waals surface area (Å²) in [7, 11) is -0.269. The van der Waals surface area contributed by atoms with Gasteiger partial charge in [0.15, 0.2) is 0 Å². The molecular weight excluding hydrogens is 280 g/mol. The predicted molar refractivity (Wildman–Crippen MR) is 81.7 cm³/mol. The Bertz CT molecular complexity index is 501. The van der Waals surface area contributed by atoms with Crippen LogP contribution in [0, 0.1) is 0 Å². The molecule has 0 bridgehead atoms. The summed E-state index contributed by atoms with van der Waals surface area (Å²) in [5.74, 6) is 1.67. The molecule has 0 saturated heterocycles. The summed E-state index contributed by atoms with van der Waals surface area (Å²) in [6.07, 6.45) is 0.960. The molecule has 6 heteroatoms. The van der Waals surface area contributed by atoms with Crippen LogP contribution in [0.2, 0.25) is 0 Å². The largest absolute Gasteiger partial charge is 0.327 e. The maximum Gasteiger partial charge on any atom is 0.242 e. The molecule has 1 aromatic rings. The molecule has 0 aromatic heterocycles. The second-order valence-electron chi connectivity index (χ2n) is 4.62. The van der Waals surface area contributed by atoms with Crippen molar-refractivity contribution < 1.29 is 8.42 Å². The lowest BCUT2D eigenvalue weighted by Gasteiger charge is -2.12. The summed E-state index contributed by atoms with van der Waals surface area (Å²) in [6.45, 7) is 2.06. The molecular formula is C13H22N2O2S2. The van der Waals surface area contributed by atoms with E-state index in [0.717, 1.165) is 23.5 Å². The Labute approximate surface area is 120 Å². The monoisotopic (exact) mass is 302 g/mol. The summed E-state index contributed by atoms with van der Waals surface area (Å²) in [6, 6.07) is 7.30. The van der Waals surface area contributed by atoms with Gasteiger partial charge in [-0.15, -0.1) is 0 Å². The molecule has 1 atom stereocenters. The van der Waals surface area contributed by atoms with E-state index >= 15 is 0 Å². The molecule has 0 amide bonds. The molecule has 0 aliphatic carbocycles. The average molecular weight is 302 g/mol. The van der Waals surface area contributed by atoms with Gasteiger partial charge in [-0.05, 0) is 24.1 Å². The normalized spacial score (nSPS) is 13.7. The van der Waals surface area contributed by atoms with Gasteiger partial charge in [0, 0.05) is 31.6 Å². The molecule has 1 unspecified atom stereocenters. The number of nitrogens with two attached hydrogens (primary N) is 1. The Morgan fingerprint density at radius 2 is 2.05 bits per heavy atom. The first-order valence-electron chi connectivity index (χ1n) is 6.22. The summed E-state index contributed by atoms with van der Waals surface area (Å²) >= 11 is 1.73. The van der Waals surface area contributed by atoms with Crippen LogP contribution in [0.4, 0.5) is 0 Å². The molecule has 108 valence electrons. The minimum atomic E-state index is -3.35. The second-order valence-corrected chi connectivity index (χ2v) is 7.80. The van der Waals surface area contributed by atoms with Crippen molar-refractivity contribution in [3.63, 3.8) is 0 Å². The van der Waals surface area contributed by atoms with Crippen LogP contribution in [0.15, 0.2) is 29.2 Å². The van der Waals surface area contributed by atoms with Gasteiger partial charge in [-0.1, -0.05) is 19.1 Å². The number of benzene rings is 1. The minimum Gasteiger partial charge on any atom is -0.327 e. The van der Waals surface area contributed by atoms with Gasteiger partial charge in [0.2, 0.25) is 10.0 Å². The quantitative estimate of drug-likeness (QED) is 0.835. The van der Waals surface area contributed by atoms with E-state index in [-0.39, 0.29) is 6.04 Å². The van der Waals surface area contributed by atoms with Crippen molar-refractivity contribution in [2.24, 2.45) is 5.73 Å².